The lowest BCUT2D eigenvalue weighted by molar-refractivity contribution is 0.823. The van der Waals surface area contributed by atoms with Gasteiger partial charge in [0, 0.05) is 25.4 Å². The van der Waals surface area contributed by atoms with Crippen LogP contribution in [-0.4, -0.2) is 15.8 Å². The smallest absolute Gasteiger partial charge is 0.0946 e. The van der Waals surface area contributed by atoms with E-state index in [1.165, 1.54) is 0 Å². The number of hydrogen-bond acceptors (Lipinski definition) is 4. The van der Waals surface area contributed by atoms with Crippen LogP contribution < -0.4 is 11.3 Å². The normalized spacial score (nSPS) is 11.2. The minimum Gasteiger partial charge on any atom is -0.336 e. The lowest BCUT2D eigenvalue weighted by atomic mass is 10.2. The second-order valence-corrected chi connectivity index (χ2v) is 3.93. The third-order valence-electron chi connectivity index (χ3n) is 2.34. The second-order valence-electron chi connectivity index (χ2n) is 3.93. The Bertz CT molecular complexity index is 467. The Labute approximate surface area is 107 Å². The van der Waals surface area contributed by atoms with Crippen LogP contribution in [0.2, 0.25) is 0 Å². The fourth-order valence-corrected chi connectivity index (χ4v) is 1.31. The Morgan fingerprint density at radius 3 is 3.00 bits per heavy atom. The Kier molecular flexibility index (Phi) is 5.60. The lowest BCUT2D eigenvalue weighted by Crippen LogP contribution is -2.20. The Hall–Kier alpha value is -2.14. The van der Waals surface area contributed by atoms with Crippen LogP contribution in [0.1, 0.15) is 12.1 Å². The minimum atomic E-state index is 0.615. The maximum absolute atomic E-state index is 5.22. The molecule has 0 aromatic carbocycles. The van der Waals surface area contributed by atoms with Crippen molar-refractivity contribution in [1.29, 1.82) is 0 Å². The molecule has 1 aromatic heterocycles. The fraction of sp³-hybridized carbons (Fsp3) is 0.231. The molecule has 5 heteroatoms. The first-order valence-corrected chi connectivity index (χ1v) is 5.57. The number of allylic oxidation sites excluding steroid dienone is 3. The highest BCUT2D eigenvalue weighted by Crippen LogP contribution is 2.04. The van der Waals surface area contributed by atoms with Gasteiger partial charge in [-0.2, -0.15) is 0 Å². The molecule has 5 nitrogen and oxygen atoms in total. The summed E-state index contributed by atoms with van der Waals surface area (Å²) in [7, 11) is 1.95. The highest BCUT2D eigenvalue weighted by atomic mass is 15.2. The molecular formula is C13H19N5. The zero-order chi connectivity index (χ0) is 13.4. The molecule has 0 saturated carbocycles. The average molecular weight is 245 g/mol. The van der Waals surface area contributed by atoms with E-state index in [1.54, 1.807) is 18.7 Å². The zero-order valence-corrected chi connectivity index (χ0v) is 10.6. The molecule has 0 aliphatic rings. The third kappa shape index (κ3) is 4.80. The van der Waals surface area contributed by atoms with Gasteiger partial charge in [0.2, 0.25) is 0 Å². The average Bonchev–Trinajstić information content (AvgIpc) is 2.74. The van der Waals surface area contributed by atoms with E-state index in [1.807, 2.05) is 23.8 Å². The summed E-state index contributed by atoms with van der Waals surface area (Å²) in [5.41, 5.74) is 5.21. The van der Waals surface area contributed by atoms with Crippen molar-refractivity contribution < 1.29 is 0 Å². The van der Waals surface area contributed by atoms with E-state index in [-0.39, 0.29) is 0 Å². The Morgan fingerprint density at radius 1 is 1.61 bits per heavy atom. The fourth-order valence-electron chi connectivity index (χ4n) is 1.31. The molecule has 0 radical (unpaired) electrons. The molecule has 0 fully saturated rings. The number of aromatic nitrogens is 2. The van der Waals surface area contributed by atoms with Crippen molar-refractivity contribution in [3.05, 3.63) is 54.8 Å². The largest absolute Gasteiger partial charge is 0.336 e. The molecule has 18 heavy (non-hydrogen) atoms. The number of aryl methyl sites for hydroxylation is 1. The first-order chi connectivity index (χ1) is 8.63. The zero-order valence-electron chi connectivity index (χ0n) is 10.6. The molecule has 0 unspecified atom stereocenters. The molecular weight excluding hydrogens is 226 g/mol. The topological polar surface area (TPSA) is 68.2 Å². The van der Waals surface area contributed by atoms with Gasteiger partial charge in [0.05, 0.1) is 24.8 Å². The Morgan fingerprint density at radius 2 is 2.39 bits per heavy atom. The van der Waals surface area contributed by atoms with Gasteiger partial charge in [0.25, 0.3) is 0 Å². The first-order valence-electron chi connectivity index (χ1n) is 5.57. The van der Waals surface area contributed by atoms with Crippen LogP contribution in [0.4, 0.5) is 0 Å². The van der Waals surface area contributed by atoms with Gasteiger partial charge in [0.1, 0.15) is 0 Å². The maximum atomic E-state index is 5.22. The molecule has 0 amide bonds. The van der Waals surface area contributed by atoms with Gasteiger partial charge in [0.15, 0.2) is 0 Å². The van der Waals surface area contributed by atoms with Gasteiger partial charge >= 0.3 is 0 Å². The summed E-state index contributed by atoms with van der Waals surface area (Å²) in [4.78, 5) is 8.29. The predicted octanol–water partition coefficient (Wildman–Crippen LogP) is 1.47. The maximum Gasteiger partial charge on any atom is 0.0946 e. The Balaban J connectivity index is 2.34. The summed E-state index contributed by atoms with van der Waals surface area (Å²) in [6.45, 7) is 8.23. The molecule has 1 heterocycles. The number of hydrogen-bond donors (Lipinski definition) is 2. The van der Waals surface area contributed by atoms with E-state index in [4.69, 9.17) is 5.84 Å². The number of imidazole rings is 1. The van der Waals surface area contributed by atoms with Crippen LogP contribution in [0.15, 0.2) is 54.1 Å². The molecule has 0 atom stereocenters. The van der Waals surface area contributed by atoms with E-state index < -0.39 is 0 Å². The molecule has 3 N–H and O–H groups in total. The van der Waals surface area contributed by atoms with Crippen molar-refractivity contribution >= 4 is 6.21 Å². The van der Waals surface area contributed by atoms with Gasteiger partial charge < -0.3 is 9.99 Å². The molecule has 0 aliphatic carbocycles. The van der Waals surface area contributed by atoms with Crippen molar-refractivity contribution in [2.24, 2.45) is 17.9 Å². The van der Waals surface area contributed by atoms with E-state index in [0.29, 0.717) is 13.0 Å². The van der Waals surface area contributed by atoms with Crippen molar-refractivity contribution in [1.82, 2.24) is 15.0 Å². The summed E-state index contributed by atoms with van der Waals surface area (Å²) in [6, 6.07) is 0. The summed E-state index contributed by atoms with van der Waals surface area (Å²) >= 11 is 0. The van der Waals surface area contributed by atoms with Crippen molar-refractivity contribution in [3.8, 4) is 0 Å². The number of nitrogens with zero attached hydrogens (tertiary/aromatic N) is 3. The molecule has 0 aliphatic heterocycles. The number of nitrogens with one attached hydrogen (secondary N) is 1. The van der Waals surface area contributed by atoms with Gasteiger partial charge in [-0.1, -0.05) is 19.2 Å². The van der Waals surface area contributed by atoms with E-state index in [2.05, 4.69) is 28.6 Å². The summed E-state index contributed by atoms with van der Waals surface area (Å²) < 4.78 is 1.94. The third-order valence-corrected chi connectivity index (χ3v) is 2.34. The highest BCUT2D eigenvalue weighted by Gasteiger charge is 1.94. The lowest BCUT2D eigenvalue weighted by Gasteiger charge is -2.02. The molecule has 0 saturated heterocycles. The van der Waals surface area contributed by atoms with Crippen LogP contribution in [0, 0.1) is 0 Å². The second kappa shape index (κ2) is 7.24. The van der Waals surface area contributed by atoms with Crippen LogP contribution in [0.3, 0.4) is 0 Å². The quantitative estimate of drug-likeness (QED) is 0.331. The number of rotatable bonds is 7. The van der Waals surface area contributed by atoms with Crippen LogP contribution >= 0.6 is 0 Å². The van der Waals surface area contributed by atoms with Crippen molar-refractivity contribution in [3.63, 3.8) is 0 Å². The van der Waals surface area contributed by atoms with E-state index >= 15 is 0 Å². The molecule has 0 bridgehead atoms. The van der Waals surface area contributed by atoms with E-state index in [9.17, 15) is 0 Å². The van der Waals surface area contributed by atoms with E-state index in [0.717, 1.165) is 17.0 Å². The van der Waals surface area contributed by atoms with Crippen molar-refractivity contribution in [2.75, 3.05) is 0 Å². The van der Waals surface area contributed by atoms with Crippen LogP contribution in [0.25, 0.3) is 0 Å². The highest BCUT2D eigenvalue weighted by molar-refractivity contribution is 5.71. The summed E-state index contributed by atoms with van der Waals surface area (Å²) in [5, 5.41) is 0. The van der Waals surface area contributed by atoms with Gasteiger partial charge in [-0.3, -0.25) is 10.8 Å². The number of nitrogens with two attached hydrogens (primary N) is 1. The van der Waals surface area contributed by atoms with Gasteiger partial charge in [-0.05, 0) is 11.6 Å². The first kappa shape index (κ1) is 13.9. The predicted molar refractivity (Wildman–Crippen MR) is 74.8 cm³/mol. The minimum absolute atomic E-state index is 0.615. The SMILES string of the molecule is C=C(/C=C\C=N\Cc1cncn1C)CC(=C)NN. The molecule has 1 rings (SSSR count). The van der Waals surface area contributed by atoms with Crippen LogP contribution in [0.5, 0.6) is 0 Å². The van der Waals surface area contributed by atoms with Gasteiger partial charge in [-0.25, -0.2) is 4.98 Å². The number of aliphatic imine (C=N–C) groups is 1. The molecule has 96 valence electrons. The standard InChI is InChI=1S/C13H19N5/c1-11(7-12(2)17-14)5-4-6-15-8-13-9-16-10-18(13)3/h4-6,9-10,17H,1-2,7-8,14H2,3H3/b5-4-,15-6+. The van der Waals surface area contributed by atoms with Crippen LogP contribution in [-0.2, 0) is 13.6 Å². The monoisotopic (exact) mass is 245 g/mol. The molecule has 0 spiro atoms. The summed E-state index contributed by atoms with van der Waals surface area (Å²) in [5.74, 6) is 5.22. The summed E-state index contributed by atoms with van der Waals surface area (Å²) in [6.07, 6.45) is 9.67. The van der Waals surface area contributed by atoms with Crippen molar-refractivity contribution in [2.45, 2.75) is 13.0 Å². The number of hydrazine groups is 1. The van der Waals surface area contributed by atoms with Gasteiger partial charge in [-0.15, -0.1) is 0 Å². The molecule has 1 aromatic rings.